The Labute approximate surface area is 226 Å². The fraction of sp³-hybridized carbons (Fsp3) is 0.370. The standard InChI is InChI=1S/C27H30N4O4S2/c1-3-13-30-24(29-17-19-10-6-4-7-11-19)20(18(2)21(16-28)25(30)34)15-22-26(35)31(27(36)37-22)14-9-5-8-12-23(32)33/h4,6-7,10-11,15,29H,3,5,8-9,12-14,17H2,1-2H3,(H,32,33)/b22-15+. The van der Waals surface area contributed by atoms with Crippen molar-refractivity contribution in [1.29, 1.82) is 5.26 Å². The van der Waals surface area contributed by atoms with E-state index >= 15 is 0 Å². The van der Waals surface area contributed by atoms with Crippen molar-refractivity contribution in [3.05, 3.63) is 67.8 Å². The van der Waals surface area contributed by atoms with Crippen LogP contribution in [-0.2, 0) is 22.7 Å². The van der Waals surface area contributed by atoms with Gasteiger partial charge in [-0.15, -0.1) is 0 Å². The van der Waals surface area contributed by atoms with Gasteiger partial charge >= 0.3 is 5.97 Å². The number of amides is 1. The van der Waals surface area contributed by atoms with Crippen molar-refractivity contribution in [2.45, 2.75) is 59.0 Å². The van der Waals surface area contributed by atoms with Gasteiger partial charge in [0, 0.05) is 31.6 Å². The summed E-state index contributed by atoms with van der Waals surface area (Å²) >= 11 is 6.65. The Balaban J connectivity index is 1.96. The Morgan fingerprint density at radius 2 is 1.92 bits per heavy atom. The van der Waals surface area contributed by atoms with Crippen LogP contribution in [0.1, 0.15) is 61.3 Å². The molecule has 3 rings (SSSR count). The Morgan fingerprint density at radius 1 is 1.19 bits per heavy atom. The van der Waals surface area contributed by atoms with E-state index in [9.17, 15) is 19.6 Å². The molecule has 0 unspecified atom stereocenters. The molecule has 2 N–H and O–H groups in total. The number of carbonyl (C=O) groups excluding carboxylic acids is 1. The molecule has 1 aromatic heterocycles. The molecule has 37 heavy (non-hydrogen) atoms. The lowest BCUT2D eigenvalue weighted by Gasteiger charge is -2.20. The maximum atomic E-state index is 13.2. The second-order valence-electron chi connectivity index (χ2n) is 8.71. The minimum atomic E-state index is -0.832. The molecule has 0 radical (unpaired) electrons. The van der Waals surface area contributed by atoms with E-state index in [0.717, 1.165) is 5.56 Å². The van der Waals surface area contributed by atoms with Gasteiger partial charge in [-0.25, -0.2) is 0 Å². The normalized spacial score (nSPS) is 14.3. The van der Waals surface area contributed by atoms with Crippen molar-refractivity contribution in [2.24, 2.45) is 0 Å². The highest BCUT2D eigenvalue weighted by atomic mass is 32.2. The molecule has 1 saturated heterocycles. The van der Waals surface area contributed by atoms with Gasteiger partial charge in [0.1, 0.15) is 21.8 Å². The van der Waals surface area contributed by atoms with E-state index in [1.165, 1.54) is 16.7 Å². The fourth-order valence-corrected chi connectivity index (χ4v) is 5.41. The zero-order chi connectivity index (χ0) is 26.9. The number of nitriles is 1. The zero-order valence-electron chi connectivity index (χ0n) is 21.0. The lowest BCUT2D eigenvalue weighted by molar-refractivity contribution is -0.137. The van der Waals surface area contributed by atoms with Crippen LogP contribution in [-0.4, -0.2) is 37.3 Å². The van der Waals surface area contributed by atoms with E-state index < -0.39 is 5.97 Å². The second kappa shape index (κ2) is 13.2. The molecule has 8 nitrogen and oxygen atoms in total. The molecule has 0 saturated carbocycles. The summed E-state index contributed by atoms with van der Waals surface area (Å²) < 4.78 is 2.01. The number of nitrogens with one attached hydrogen (secondary N) is 1. The second-order valence-corrected chi connectivity index (χ2v) is 10.4. The average molecular weight is 539 g/mol. The summed E-state index contributed by atoms with van der Waals surface area (Å²) in [5, 5.41) is 21.9. The molecule has 0 aliphatic carbocycles. The Bertz CT molecular complexity index is 1310. The van der Waals surface area contributed by atoms with E-state index in [-0.39, 0.29) is 23.5 Å². The molecular weight excluding hydrogens is 508 g/mol. The number of unbranched alkanes of at least 4 members (excludes halogenated alkanes) is 2. The first-order valence-electron chi connectivity index (χ1n) is 12.2. The molecule has 0 bridgehead atoms. The van der Waals surface area contributed by atoms with Crippen LogP contribution in [0.5, 0.6) is 0 Å². The van der Waals surface area contributed by atoms with Gasteiger partial charge in [0.05, 0.1) is 4.91 Å². The van der Waals surface area contributed by atoms with Crippen LogP contribution >= 0.6 is 24.0 Å². The first kappa shape index (κ1) is 28.2. The number of hydrogen-bond acceptors (Lipinski definition) is 7. The highest BCUT2D eigenvalue weighted by molar-refractivity contribution is 8.26. The third kappa shape index (κ3) is 6.87. The van der Waals surface area contributed by atoms with Crippen molar-refractivity contribution in [1.82, 2.24) is 9.47 Å². The quantitative estimate of drug-likeness (QED) is 0.223. The van der Waals surface area contributed by atoms with Crippen molar-refractivity contribution >= 4 is 52.1 Å². The van der Waals surface area contributed by atoms with Crippen molar-refractivity contribution in [2.75, 3.05) is 11.9 Å². The fourth-order valence-electron chi connectivity index (χ4n) is 4.12. The minimum Gasteiger partial charge on any atom is -0.481 e. The third-order valence-corrected chi connectivity index (χ3v) is 7.42. The topological polar surface area (TPSA) is 115 Å². The number of rotatable bonds is 12. The van der Waals surface area contributed by atoms with Gasteiger partial charge in [0.15, 0.2) is 0 Å². The van der Waals surface area contributed by atoms with E-state index in [2.05, 4.69) is 5.32 Å². The molecule has 10 heteroatoms. The van der Waals surface area contributed by atoms with Gasteiger partial charge < -0.3 is 10.4 Å². The Morgan fingerprint density at radius 3 is 2.57 bits per heavy atom. The van der Waals surface area contributed by atoms with Crippen molar-refractivity contribution in [3.8, 4) is 6.07 Å². The monoisotopic (exact) mass is 538 g/mol. The number of thiocarbonyl (C=S) groups is 1. The summed E-state index contributed by atoms with van der Waals surface area (Å²) in [4.78, 5) is 39.1. The summed E-state index contributed by atoms with van der Waals surface area (Å²) in [7, 11) is 0. The summed E-state index contributed by atoms with van der Waals surface area (Å²) in [6, 6.07) is 11.8. The van der Waals surface area contributed by atoms with Gasteiger partial charge in [0.2, 0.25) is 0 Å². The maximum absolute atomic E-state index is 13.2. The maximum Gasteiger partial charge on any atom is 0.303 e. The molecule has 1 amide bonds. The lowest BCUT2D eigenvalue weighted by atomic mass is 10.0. The smallest absolute Gasteiger partial charge is 0.303 e. The van der Waals surface area contributed by atoms with Crippen molar-refractivity contribution in [3.63, 3.8) is 0 Å². The highest BCUT2D eigenvalue weighted by Gasteiger charge is 2.32. The van der Waals surface area contributed by atoms with Gasteiger partial charge in [-0.2, -0.15) is 5.26 Å². The minimum absolute atomic E-state index is 0.0545. The number of carbonyl (C=O) groups is 2. The van der Waals surface area contributed by atoms with Crippen LogP contribution < -0.4 is 10.9 Å². The number of aliphatic carboxylic acids is 1. The number of anilines is 1. The first-order chi connectivity index (χ1) is 17.8. The van der Waals surface area contributed by atoms with Crippen LogP contribution in [0.4, 0.5) is 5.82 Å². The van der Waals surface area contributed by atoms with E-state index in [1.807, 2.05) is 43.3 Å². The Kier molecular flexibility index (Phi) is 10.1. The zero-order valence-corrected chi connectivity index (χ0v) is 22.6. The molecule has 0 atom stereocenters. The van der Waals surface area contributed by atoms with Crippen LogP contribution in [0.2, 0.25) is 0 Å². The van der Waals surface area contributed by atoms with Gasteiger partial charge in [-0.05, 0) is 43.4 Å². The Hall–Kier alpha value is -3.42. The molecule has 194 valence electrons. The lowest BCUT2D eigenvalue weighted by Crippen LogP contribution is -2.29. The van der Waals surface area contributed by atoms with Crippen LogP contribution in [0, 0.1) is 18.3 Å². The number of hydrogen-bond donors (Lipinski definition) is 2. The SMILES string of the molecule is CCCn1c(NCc2ccccc2)c(/C=C2/SC(=S)N(CCCCCC(=O)O)C2=O)c(C)c(C#N)c1=O. The molecular formula is C27H30N4O4S2. The predicted octanol–water partition coefficient (Wildman–Crippen LogP) is 4.90. The number of carboxylic acids is 1. The number of carboxylic acid groups (broad SMARTS) is 1. The highest BCUT2D eigenvalue weighted by Crippen LogP contribution is 2.35. The number of nitrogens with zero attached hydrogens (tertiary/aromatic N) is 3. The number of benzene rings is 1. The summed E-state index contributed by atoms with van der Waals surface area (Å²) in [6.45, 7) is 4.98. The number of aromatic nitrogens is 1. The predicted molar refractivity (Wildman–Crippen MR) is 150 cm³/mol. The van der Waals surface area contributed by atoms with Gasteiger partial charge in [-0.3, -0.25) is 23.9 Å². The van der Waals surface area contributed by atoms with E-state index in [4.69, 9.17) is 17.3 Å². The molecule has 1 aromatic carbocycles. The summed E-state index contributed by atoms with van der Waals surface area (Å²) in [5.41, 5.74) is 1.85. The molecule has 2 heterocycles. The third-order valence-electron chi connectivity index (χ3n) is 6.05. The van der Waals surface area contributed by atoms with Crippen LogP contribution in [0.3, 0.4) is 0 Å². The van der Waals surface area contributed by atoms with E-state index in [1.54, 1.807) is 17.6 Å². The molecule has 2 aromatic rings. The largest absolute Gasteiger partial charge is 0.481 e. The molecule has 1 fully saturated rings. The summed E-state index contributed by atoms with van der Waals surface area (Å²) in [5.74, 6) is -0.499. The van der Waals surface area contributed by atoms with Crippen LogP contribution in [0.25, 0.3) is 6.08 Å². The van der Waals surface area contributed by atoms with Gasteiger partial charge in [0.25, 0.3) is 11.5 Å². The molecule has 1 aliphatic rings. The van der Waals surface area contributed by atoms with E-state index in [0.29, 0.717) is 71.5 Å². The van der Waals surface area contributed by atoms with Gasteiger partial charge in [-0.1, -0.05) is 67.7 Å². The van der Waals surface area contributed by atoms with Crippen LogP contribution in [0.15, 0.2) is 40.0 Å². The van der Waals surface area contributed by atoms with Crippen molar-refractivity contribution < 1.29 is 14.7 Å². The number of pyridine rings is 1. The number of thioether (sulfide) groups is 1. The summed E-state index contributed by atoms with van der Waals surface area (Å²) in [6.07, 6.45) is 4.39. The molecule has 1 aliphatic heterocycles. The first-order valence-corrected chi connectivity index (χ1v) is 13.4. The average Bonchev–Trinajstić information content (AvgIpc) is 3.14. The molecule has 0 spiro atoms.